The van der Waals surface area contributed by atoms with Crippen LogP contribution in [0.4, 0.5) is 0 Å². The van der Waals surface area contributed by atoms with E-state index in [2.05, 4.69) is 36.2 Å². The van der Waals surface area contributed by atoms with Gasteiger partial charge in [-0.05, 0) is 35.6 Å². The maximum atomic E-state index is 6.06. The van der Waals surface area contributed by atoms with Crippen molar-refractivity contribution in [3.63, 3.8) is 0 Å². The Bertz CT molecular complexity index is 417. The van der Waals surface area contributed by atoms with E-state index in [1.165, 1.54) is 16.5 Å². The zero-order chi connectivity index (χ0) is 9.97. The highest BCUT2D eigenvalue weighted by Crippen LogP contribution is 2.20. The Hall–Kier alpha value is -1.28. The molecule has 0 bridgehead atoms. The smallest absolute Gasteiger partial charge is 0.0454 e. The first kappa shape index (κ1) is 9.28. The molecule has 0 saturated heterocycles. The molecule has 1 aromatic heterocycles. The molecule has 0 amide bonds. The van der Waals surface area contributed by atoms with Crippen molar-refractivity contribution in [2.45, 2.75) is 25.8 Å². The Morgan fingerprint density at radius 3 is 3.00 bits per heavy atom. The molecule has 1 aromatic carbocycles. The third kappa shape index (κ3) is 1.66. The SMILES string of the molecule is CCC[C@@H](N)c1ccc2[nH]ccc2c1. The highest BCUT2D eigenvalue weighted by atomic mass is 14.7. The Balaban J connectivity index is 2.33. The van der Waals surface area contributed by atoms with Gasteiger partial charge in [0.25, 0.3) is 0 Å². The minimum atomic E-state index is 0.180. The Labute approximate surface area is 84.1 Å². The third-order valence-corrected chi connectivity index (χ3v) is 2.61. The molecule has 0 saturated carbocycles. The van der Waals surface area contributed by atoms with E-state index in [4.69, 9.17) is 5.73 Å². The van der Waals surface area contributed by atoms with Crippen molar-refractivity contribution in [1.29, 1.82) is 0 Å². The lowest BCUT2D eigenvalue weighted by Gasteiger charge is -2.10. The van der Waals surface area contributed by atoms with E-state index in [9.17, 15) is 0 Å². The molecule has 0 spiro atoms. The van der Waals surface area contributed by atoms with Gasteiger partial charge in [0.15, 0.2) is 0 Å². The van der Waals surface area contributed by atoms with Gasteiger partial charge in [0.1, 0.15) is 0 Å². The number of benzene rings is 1. The number of hydrogen-bond donors (Lipinski definition) is 2. The quantitative estimate of drug-likeness (QED) is 0.764. The number of H-pyrrole nitrogens is 1. The van der Waals surface area contributed by atoms with Gasteiger partial charge < -0.3 is 10.7 Å². The maximum Gasteiger partial charge on any atom is 0.0454 e. The highest BCUT2D eigenvalue weighted by molar-refractivity contribution is 5.80. The second-order valence-electron chi connectivity index (χ2n) is 3.72. The first-order valence-corrected chi connectivity index (χ1v) is 5.14. The number of fused-ring (bicyclic) bond motifs is 1. The largest absolute Gasteiger partial charge is 0.361 e. The molecule has 2 heteroatoms. The molecule has 14 heavy (non-hydrogen) atoms. The van der Waals surface area contributed by atoms with Crippen LogP contribution in [0, 0.1) is 0 Å². The van der Waals surface area contributed by atoms with Crippen LogP contribution in [0.2, 0.25) is 0 Å². The van der Waals surface area contributed by atoms with Crippen molar-refractivity contribution >= 4 is 10.9 Å². The molecule has 2 aromatic rings. The Morgan fingerprint density at radius 2 is 2.21 bits per heavy atom. The lowest BCUT2D eigenvalue weighted by atomic mass is 10.0. The van der Waals surface area contributed by atoms with Crippen molar-refractivity contribution in [1.82, 2.24) is 4.98 Å². The van der Waals surface area contributed by atoms with Crippen LogP contribution in [0.1, 0.15) is 31.4 Å². The van der Waals surface area contributed by atoms with Crippen LogP contribution in [0.15, 0.2) is 30.5 Å². The first-order chi connectivity index (χ1) is 6.81. The van der Waals surface area contributed by atoms with Gasteiger partial charge >= 0.3 is 0 Å². The summed E-state index contributed by atoms with van der Waals surface area (Å²) in [6, 6.07) is 8.64. The second-order valence-corrected chi connectivity index (χ2v) is 3.72. The van der Waals surface area contributed by atoms with Crippen molar-refractivity contribution in [2.75, 3.05) is 0 Å². The van der Waals surface area contributed by atoms with E-state index in [-0.39, 0.29) is 6.04 Å². The fraction of sp³-hybridized carbons (Fsp3) is 0.333. The van der Waals surface area contributed by atoms with Gasteiger partial charge in [0, 0.05) is 17.8 Å². The van der Waals surface area contributed by atoms with Gasteiger partial charge in [-0.1, -0.05) is 19.4 Å². The van der Waals surface area contributed by atoms with E-state index in [0.717, 1.165) is 12.8 Å². The summed E-state index contributed by atoms with van der Waals surface area (Å²) in [5.41, 5.74) is 8.47. The third-order valence-electron chi connectivity index (χ3n) is 2.61. The molecule has 0 fully saturated rings. The molecule has 2 nitrogen and oxygen atoms in total. The number of rotatable bonds is 3. The van der Waals surface area contributed by atoms with Gasteiger partial charge in [0.2, 0.25) is 0 Å². The second kappa shape index (κ2) is 3.84. The van der Waals surface area contributed by atoms with Crippen molar-refractivity contribution in [3.8, 4) is 0 Å². The molecule has 3 N–H and O–H groups in total. The van der Waals surface area contributed by atoms with Gasteiger partial charge in [-0.15, -0.1) is 0 Å². The summed E-state index contributed by atoms with van der Waals surface area (Å²) < 4.78 is 0. The van der Waals surface area contributed by atoms with Gasteiger partial charge in [-0.25, -0.2) is 0 Å². The molecule has 0 aliphatic carbocycles. The van der Waals surface area contributed by atoms with Crippen molar-refractivity contribution < 1.29 is 0 Å². The summed E-state index contributed by atoms with van der Waals surface area (Å²) >= 11 is 0. The van der Waals surface area contributed by atoms with E-state index in [0.29, 0.717) is 0 Å². The van der Waals surface area contributed by atoms with Gasteiger partial charge in [-0.3, -0.25) is 0 Å². The molecule has 2 rings (SSSR count). The molecule has 0 radical (unpaired) electrons. The predicted molar refractivity (Wildman–Crippen MR) is 60.1 cm³/mol. The fourth-order valence-electron chi connectivity index (χ4n) is 1.78. The van der Waals surface area contributed by atoms with E-state index in [1.807, 2.05) is 6.20 Å². The van der Waals surface area contributed by atoms with Crippen LogP contribution in [-0.4, -0.2) is 4.98 Å². The fourth-order valence-corrected chi connectivity index (χ4v) is 1.78. The van der Waals surface area contributed by atoms with Gasteiger partial charge in [0.05, 0.1) is 0 Å². The van der Waals surface area contributed by atoms with E-state index < -0.39 is 0 Å². The Kier molecular flexibility index (Phi) is 2.55. The lowest BCUT2D eigenvalue weighted by molar-refractivity contribution is 0.639. The molecule has 1 atom stereocenters. The van der Waals surface area contributed by atoms with Crippen LogP contribution in [0.3, 0.4) is 0 Å². The normalized spacial score (nSPS) is 13.3. The standard InChI is InChI=1S/C12H16N2/c1-2-3-11(13)9-4-5-12-10(8-9)6-7-14-12/h4-8,11,14H,2-3,13H2,1H3/t11-/m1/s1. The van der Waals surface area contributed by atoms with Crippen molar-refractivity contribution in [3.05, 3.63) is 36.0 Å². The Morgan fingerprint density at radius 1 is 1.36 bits per heavy atom. The van der Waals surface area contributed by atoms with Crippen LogP contribution in [-0.2, 0) is 0 Å². The average molecular weight is 188 g/mol. The molecule has 74 valence electrons. The molecular weight excluding hydrogens is 172 g/mol. The minimum Gasteiger partial charge on any atom is -0.361 e. The zero-order valence-corrected chi connectivity index (χ0v) is 8.46. The van der Waals surface area contributed by atoms with Gasteiger partial charge in [-0.2, -0.15) is 0 Å². The molecular formula is C12H16N2. The van der Waals surface area contributed by atoms with Crippen LogP contribution in [0.5, 0.6) is 0 Å². The summed E-state index contributed by atoms with van der Waals surface area (Å²) in [7, 11) is 0. The number of aromatic amines is 1. The maximum absolute atomic E-state index is 6.06. The molecule has 1 heterocycles. The van der Waals surface area contributed by atoms with E-state index in [1.54, 1.807) is 0 Å². The van der Waals surface area contributed by atoms with E-state index >= 15 is 0 Å². The summed E-state index contributed by atoms with van der Waals surface area (Å²) in [6.45, 7) is 2.16. The van der Waals surface area contributed by atoms with Crippen LogP contribution in [0.25, 0.3) is 10.9 Å². The number of aromatic nitrogens is 1. The topological polar surface area (TPSA) is 41.8 Å². The number of nitrogens with two attached hydrogens (primary N) is 1. The average Bonchev–Trinajstić information content (AvgIpc) is 2.64. The summed E-state index contributed by atoms with van der Waals surface area (Å²) in [6.07, 6.45) is 4.14. The summed E-state index contributed by atoms with van der Waals surface area (Å²) in [5.74, 6) is 0. The molecule has 0 unspecified atom stereocenters. The molecule has 0 aliphatic rings. The van der Waals surface area contributed by atoms with Crippen molar-refractivity contribution in [2.24, 2.45) is 5.73 Å². The number of hydrogen-bond acceptors (Lipinski definition) is 1. The van der Waals surface area contributed by atoms with Crippen LogP contribution >= 0.6 is 0 Å². The lowest BCUT2D eigenvalue weighted by Crippen LogP contribution is -2.09. The first-order valence-electron chi connectivity index (χ1n) is 5.14. The minimum absolute atomic E-state index is 0.180. The highest BCUT2D eigenvalue weighted by Gasteiger charge is 2.05. The molecule has 0 aliphatic heterocycles. The monoisotopic (exact) mass is 188 g/mol. The van der Waals surface area contributed by atoms with Crippen LogP contribution < -0.4 is 5.73 Å². The predicted octanol–water partition coefficient (Wildman–Crippen LogP) is 2.97. The zero-order valence-electron chi connectivity index (χ0n) is 8.46. The summed E-state index contributed by atoms with van der Waals surface area (Å²) in [4.78, 5) is 3.18. The summed E-state index contributed by atoms with van der Waals surface area (Å²) in [5, 5.41) is 1.24. The number of nitrogens with one attached hydrogen (secondary N) is 1.